The van der Waals surface area contributed by atoms with Crippen molar-refractivity contribution in [2.24, 2.45) is 11.8 Å². The van der Waals surface area contributed by atoms with Gasteiger partial charge in [-0.3, -0.25) is 20.2 Å². The highest BCUT2D eigenvalue weighted by Crippen LogP contribution is 2.17. The number of ether oxygens (including phenoxy) is 5. The summed E-state index contributed by atoms with van der Waals surface area (Å²) in [5, 5.41) is 17.3. The number of alkyl carbamates (subject to hydrolysis) is 2. The zero-order chi connectivity index (χ0) is 46.7. The van der Waals surface area contributed by atoms with E-state index in [0.717, 1.165) is 17.6 Å². The van der Waals surface area contributed by atoms with Crippen LogP contribution in [0.2, 0.25) is 0 Å². The fourth-order valence-corrected chi connectivity index (χ4v) is 4.03. The van der Waals surface area contributed by atoms with E-state index in [-0.39, 0.29) is 50.3 Å². The largest absolute Gasteiger partial charge is 0.465 e. The van der Waals surface area contributed by atoms with Crippen LogP contribution in [0.5, 0.6) is 0 Å². The van der Waals surface area contributed by atoms with Crippen LogP contribution in [-0.2, 0) is 38.1 Å². The summed E-state index contributed by atoms with van der Waals surface area (Å²) in [6.45, 7) is 32.9. The van der Waals surface area contributed by atoms with E-state index in [9.17, 15) is 28.8 Å². The standard InChI is InChI=1S/C15H23NO4.C15H21NO4.C11H23NO2.C2H5NO2/c2*1-6-8-12(5)13(7-2)16-15(18)20-10-9-19-14(17)11(3)4;1-8(2)7-9(3)14-11(4,5)10(13)12-6;1-3-2(4)5/h6-8,11H,1,9-10H2,2-5H3,(H,16,18);6-8H,1,3,9-10H2,2,4-5H3,(H,16,18);8-9H,7H2,1-6H3,(H,12,13);3H,1H3,(H,4,5)/b2*12-8-,13-7+;;. The average Bonchev–Trinajstić information content (AvgIpc) is 3.15. The Bertz CT molecular complexity index is 1470. The lowest BCUT2D eigenvalue weighted by Gasteiger charge is -2.28. The monoisotopic (exact) mass is 837 g/mol. The molecule has 1 unspecified atom stereocenters. The number of carbonyl (C=O) groups excluding carboxylic acids is 5. The number of hydrogen-bond donors (Lipinski definition) is 5. The van der Waals surface area contributed by atoms with Gasteiger partial charge in [0.2, 0.25) is 0 Å². The van der Waals surface area contributed by atoms with Gasteiger partial charge >= 0.3 is 30.2 Å². The normalized spacial score (nSPS) is 11.9. The van der Waals surface area contributed by atoms with Gasteiger partial charge in [0.25, 0.3) is 5.91 Å². The van der Waals surface area contributed by atoms with Gasteiger partial charge in [-0.05, 0) is 78.9 Å². The number of likely N-dealkylation sites (N-methyl/N-ethyl adjacent to an activating group) is 1. The summed E-state index contributed by atoms with van der Waals surface area (Å²) in [5.41, 5.74) is 2.57. The topological polar surface area (TPSA) is 217 Å². The van der Waals surface area contributed by atoms with Crippen LogP contribution in [0.3, 0.4) is 0 Å². The number of carbonyl (C=O) groups is 6. The molecule has 336 valence electrons. The Morgan fingerprint density at radius 3 is 1.39 bits per heavy atom. The predicted molar refractivity (Wildman–Crippen MR) is 231 cm³/mol. The molecule has 16 heteroatoms. The zero-order valence-corrected chi connectivity index (χ0v) is 37.8. The smallest absolute Gasteiger partial charge is 0.411 e. The van der Waals surface area contributed by atoms with E-state index in [2.05, 4.69) is 49.5 Å². The molecule has 0 aromatic rings. The van der Waals surface area contributed by atoms with E-state index < -0.39 is 29.9 Å². The molecule has 0 radical (unpaired) electrons. The summed E-state index contributed by atoms with van der Waals surface area (Å²) < 4.78 is 25.2. The van der Waals surface area contributed by atoms with Crippen LogP contribution in [0.4, 0.5) is 14.4 Å². The molecule has 0 heterocycles. The van der Waals surface area contributed by atoms with Crippen molar-refractivity contribution in [2.45, 2.75) is 101 Å². The van der Waals surface area contributed by atoms with Gasteiger partial charge in [0, 0.05) is 31.1 Å². The minimum absolute atomic E-state index is 0.00817. The molecule has 0 aliphatic rings. The number of allylic oxidation sites excluding steroid dienone is 8. The molecule has 4 amide bonds. The van der Waals surface area contributed by atoms with Crippen LogP contribution in [0.15, 0.2) is 84.3 Å². The molecule has 0 saturated heterocycles. The fourth-order valence-electron chi connectivity index (χ4n) is 4.03. The first-order valence-electron chi connectivity index (χ1n) is 19.0. The van der Waals surface area contributed by atoms with Gasteiger partial charge in [-0.15, -0.1) is 0 Å². The minimum atomic E-state index is -0.995. The molecule has 0 aromatic carbocycles. The summed E-state index contributed by atoms with van der Waals surface area (Å²) in [6, 6.07) is 0. The Labute approximate surface area is 352 Å². The predicted octanol–water partition coefficient (Wildman–Crippen LogP) is 7.66. The van der Waals surface area contributed by atoms with Gasteiger partial charge < -0.3 is 39.4 Å². The number of amides is 4. The summed E-state index contributed by atoms with van der Waals surface area (Å²) >= 11 is 0. The highest BCUT2D eigenvalue weighted by molar-refractivity contribution is 5.87. The average molecular weight is 837 g/mol. The van der Waals surface area contributed by atoms with Crippen LogP contribution in [0, 0.1) is 11.8 Å². The van der Waals surface area contributed by atoms with Crippen molar-refractivity contribution >= 4 is 36.1 Å². The van der Waals surface area contributed by atoms with Gasteiger partial charge in [0.15, 0.2) is 0 Å². The Morgan fingerprint density at radius 1 is 0.695 bits per heavy atom. The fraction of sp³-hybridized carbons (Fsp3) is 0.535. The Kier molecular flexibility index (Phi) is 36.1. The molecule has 1 atom stereocenters. The van der Waals surface area contributed by atoms with E-state index in [1.54, 1.807) is 92.0 Å². The molecule has 16 nitrogen and oxygen atoms in total. The first-order chi connectivity index (χ1) is 27.4. The molecule has 0 aliphatic heterocycles. The highest BCUT2D eigenvalue weighted by Gasteiger charge is 2.29. The van der Waals surface area contributed by atoms with Crippen molar-refractivity contribution in [3.8, 4) is 0 Å². The SMILES string of the molecule is C=C/C=C(C)\C(=C/C)NC(=O)OCCOC(=O)C(=C)C.C=C/C=C(C)\C(=C/C)NC(=O)OCCOC(=O)C(C)C.CNC(=O)C(C)(C)OC(C)CC(C)C.CNC(=O)O. The maximum atomic E-state index is 11.5. The molecule has 0 fully saturated rings. The van der Waals surface area contributed by atoms with Crippen LogP contribution in [0.1, 0.15) is 89.5 Å². The Balaban J connectivity index is -0.000000368. The second kappa shape index (κ2) is 35.5. The molecule has 59 heavy (non-hydrogen) atoms. The maximum absolute atomic E-state index is 11.5. The van der Waals surface area contributed by atoms with E-state index in [4.69, 9.17) is 28.8 Å². The van der Waals surface area contributed by atoms with Crippen LogP contribution < -0.4 is 21.3 Å². The lowest BCUT2D eigenvalue weighted by molar-refractivity contribution is -0.149. The second-order valence-electron chi connectivity index (χ2n) is 13.5. The number of rotatable bonds is 19. The van der Waals surface area contributed by atoms with Crippen molar-refractivity contribution in [1.82, 2.24) is 21.3 Å². The highest BCUT2D eigenvalue weighted by atomic mass is 16.6. The van der Waals surface area contributed by atoms with Crippen molar-refractivity contribution in [2.75, 3.05) is 40.5 Å². The maximum Gasteiger partial charge on any atom is 0.411 e. The van der Waals surface area contributed by atoms with Crippen molar-refractivity contribution in [3.63, 3.8) is 0 Å². The van der Waals surface area contributed by atoms with E-state index in [1.807, 2.05) is 26.1 Å². The molecule has 0 rings (SSSR count). The molecular weight excluding hydrogens is 764 g/mol. The zero-order valence-electron chi connectivity index (χ0n) is 37.8. The van der Waals surface area contributed by atoms with Crippen LogP contribution in [0.25, 0.3) is 0 Å². The van der Waals surface area contributed by atoms with Gasteiger partial charge in [0.05, 0.1) is 12.0 Å². The molecule has 0 aromatic heterocycles. The second-order valence-corrected chi connectivity index (χ2v) is 13.5. The third-order valence-electron chi connectivity index (χ3n) is 6.85. The van der Waals surface area contributed by atoms with E-state index >= 15 is 0 Å². The van der Waals surface area contributed by atoms with Crippen LogP contribution >= 0.6 is 0 Å². The number of esters is 2. The lowest BCUT2D eigenvalue weighted by atomic mass is 10.0. The summed E-state index contributed by atoms with van der Waals surface area (Å²) in [5.74, 6) is -0.496. The van der Waals surface area contributed by atoms with Crippen LogP contribution in [-0.4, -0.2) is 93.5 Å². The number of nitrogens with one attached hydrogen (secondary N) is 4. The third kappa shape index (κ3) is 35.3. The number of hydrogen-bond acceptors (Lipinski definition) is 11. The van der Waals surface area contributed by atoms with E-state index in [1.165, 1.54) is 7.05 Å². The molecule has 0 aliphatic carbocycles. The first-order valence-corrected chi connectivity index (χ1v) is 19.0. The molecular formula is C43H72N4O12. The van der Waals surface area contributed by atoms with Gasteiger partial charge in [-0.2, -0.15) is 0 Å². The summed E-state index contributed by atoms with van der Waals surface area (Å²) in [7, 11) is 2.98. The summed E-state index contributed by atoms with van der Waals surface area (Å²) in [6.07, 6.45) is 9.21. The first kappa shape index (κ1) is 60.0. The summed E-state index contributed by atoms with van der Waals surface area (Å²) in [4.78, 5) is 66.0. The van der Waals surface area contributed by atoms with E-state index in [0.29, 0.717) is 22.9 Å². The number of carboxylic acid groups (broad SMARTS) is 1. The third-order valence-corrected chi connectivity index (χ3v) is 6.85. The Morgan fingerprint density at radius 2 is 1.08 bits per heavy atom. The van der Waals surface area contributed by atoms with Crippen molar-refractivity contribution < 1.29 is 57.6 Å². The lowest BCUT2D eigenvalue weighted by Crippen LogP contribution is -2.44. The van der Waals surface area contributed by atoms with Crippen molar-refractivity contribution in [1.29, 1.82) is 0 Å². The van der Waals surface area contributed by atoms with Crippen molar-refractivity contribution in [3.05, 3.63) is 84.3 Å². The molecule has 0 bridgehead atoms. The molecule has 5 N–H and O–H groups in total. The van der Waals surface area contributed by atoms with Gasteiger partial charge in [-0.25, -0.2) is 19.2 Å². The minimum Gasteiger partial charge on any atom is -0.465 e. The quantitative estimate of drug-likeness (QED) is 0.0279. The van der Waals surface area contributed by atoms with Gasteiger partial charge in [0.1, 0.15) is 32.0 Å². The Hall–Kier alpha value is -5.64. The van der Waals surface area contributed by atoms with Gasteiger partial charge in [-0.1, -0.05) is 83.9 Å². The molecule has 0 saturated carbocycles. The molecule has 0 spiro atoms.